The Morgan fingerprint density at radius 2 is 1.78 bits per heavy atom. The van der Waals surface area contributed by atoms with Gasteiger partial charge >= 0.3 is 0 Å². The maximum Gasteiger partial charge on any atom is 0.269 e. The molecule has 0 fully saturated rings. The molecule has 0 aliphatic rings. The Hall–Kier alpha value is -2.29. The Morgan fingerprint density at radius 1 is 1.16 bits per heavy atom. The van der Waals surface area contributed by atoms with Gasteiger partial charge in [-0.15, -0.1) is 11.8 Å². The molecular weight excluding hydrogens is 473 g/mol. The minimum absolute atomic E-state index is 0.0181. The van der Waals surface area contributed by atoms with E-state index in [0.717, 1.165) is 12.0 Å². The Balaban J connectivity index is 2.10. The van der Waals surface area contributed by atoms with Crippen molar-refractivity contribution >= 4 is 52.5 Å². The number of non-ortho nitro benzene ring substituents is 1. The molecule has 0 heterocycles. The molecule has 2 aromatic rings. The zero-order chi connectivity index (χ0) is 23.7. The molecule has 172 valence electrons. The Labute approximate surface area is 201 Å². The van der Waals surface area contributed by atoms with E-state index in [0.29, 0.717) is 27.9 Å². The number of nitro benzene ring substituents is 1. The van der Waals surface area contributed by atoms with Crippen LogP contribution in [0.25, 0.3) is 0 Å². The van der Waals surface area contributed by atoms with E-state index in [4.69, 9.17) is 23.2 Å². The third kappa shape index (κ3) is 7.39. The van der Waals surface area contributed by atoms with E-state index in [1.165, 1.54) is 28.8 Å². The van der Waals surface area contributed by atoms with E-state index in [-0.39, 0.29) is 29.8 Å². The number of thioether (sulfide) groups is 1. The van der Waals surface area contributed by atoms with Crippen LogP contribution in [-0.4, -0.2) is 40.0 Å². The maximum atomic E-state index is 13.1. The summed E-state index contributed by atoms with van der Waals surface area (Å²) in [6.07, 6.45) is 0.786. The molecule has 10 heteroatoms. The van der Waals surface area contributed by atoms with E-state index in [1.54, 1.807) is 37.3 Å². The van der Waals surface area contributed by atoms with Gasteiger partial charge in [-0.25, -0.2) is 0 Å². The Bertz CT molecular complexity index is 936. The molecule has 0 aliphatic heterocycles. The summed E-state index contributed by atoms with van der Waals surface area (Å²) in [5.74, 6) is 0.154. The molecule has 1 atom stereocenters. The molecule has 0 unspecified atom stereocenters. The monoisotopic (exact) mass is 497 g/mol. The van der Waals surface area contributed by atoms with Crippen LogP contribution in [0.3, 0.4) is 0 Å². The van der Waals surface area contributed by atoms with Crippen LogP contribution in [0, 0.1) is 10.1 Å². The number of rotatable bonds is 11. The number of halogens is 2. The normalized spacial score (nSPS) is 11.6. The first-order chi connectivity index (χ1) is 15.2. The lowest BCUT2D eigenvalue weighted by Gasteiger charge is -2.29. The van der Waals surface area contributed by atoms with Gasteiger partial charge in [0.2, 0.25) is 11.8 Å². The van der Waals surface area contributed by atoms with Crippen molar-refractivity contribution in [2.24, 2.45) is 0 Å². The van der Waals surface area contributed by atoms with Gasteiger partial charge in [0, 0.05) is 46.6 Å². The van der Waals surface area contributed by atoms with Crippen molar-refractivity contribution < 1.29 is 14.5 Å². The average Bonchev–Trinajstić information content (AvgIpc) is 2.77. The second kappa shape index (κ2) is 12.7. The van der Waals surface area contributed by atoms with E-state index < -0.39 is 11.0 Å². The van der Waals surface area contributed by atoms with Crippen molar-refractivity contribution in [3.05, 3.63) is 73.8 Å². The highest BCUT2D eigenvalue weighted by Crippen LogP contribution is 2.27. The smallest absolute Gasteiger partial charge is 0.269 e. The molecule has 0 bridgehead atoms. The average molecular weight is 498 g/mol. The summed E-state index contributed by atoms with van der Waals surface area (Å²) < 4.78 is 0. The van der Waals surface area contributed by atoms with Gasteiger partial charge in [0.25, 0.3) is 5.69 Å². The molecule has 7 nitrogen and oxygen atoms in total. The minimum atomic E-state index is -0.707. The zero-order valence-electron chi connectivity index (χ0n) is 17.8. The van der Waals surface area contributed by atoms with Crippen LogP contribution in [0.5, 0.6) is 0 Å². The van der Waals surface area contributed by atoms with Crippen LogP contribution in [0.15, 0.2) is 42.5 Å². The van der Waals surface area contributed by atoms with Crippen molar-refractivity contribution in [1.29, 1.82) is 0 Å². The number of carbonyl (C=O) groups is 2. The molecule has 0 saturated carbocycles. The molecule has 2 aromatic carbocycles. The summed E-state index contributed by atoms with van der Waals surface area (Å²) in [5, 5.41) is 14.4. The number of hydrogen-bond donors (Lipinski definition) is 1. The second-order valence-corrected chi connectivity index (χ2v) is 8.91. The number of nitro groups is 1. The van der Waals surface area contributed by atoms with Crippen LogP contribution in [0.2, 0.25) is 10.0 Å². The molecule has 0 aromatic heterocycles. The fraction of sp³-hybridized carbons (Fsp3) is 0.364. The van der Waals surface area contributed by atoms with Crippen LogP contribution in [0.1, 0.15) is 31.4 Å². The molecule has 0 aliphatic carbocycles. The lowest BCUT2D eigenvalue weighted by atomic mass is 10.1. The van der Waals surface area contributed by atoms with Crippen LogP contribution >= 0.6 is 35.0 Å². The van der Waals surface area contributed by atoms with Gasteiger partial charge in [-0.3, -0.25) is 19.7 Å². The summed E-state index contributed by atoms with van der Waals surface area (Å²) in [4.78, 5) is 37.4. The van der Waals surface area contributed by atoms with Crippen LogP contribution < -0.4 is 5.32 Å². The van der Waals surface area contributed by atoms with Crippen molar-refractivity contribution in [2.75, 3.05) is 12.3 Å². The predicted molar refractivity (Wildman–Crippen MR) is 129 cm³/mol. The maximum absolute atomic E-state index is 13.1. The van der Waals surface area contributed by atoms with Crippen molar-refractivity contribution in [3.8, 4) is 0 Å². The number of carbonyl (C=O) groups excluding carboxylic acids is 2. The topological polar surface area (TPSA) is 92.6 Å². The molecule has 0 saturated heterocycles. The first kappa shape index (κ1) is 26.0. The summed E-state index contributed by atoms with van der Waals surface area (Å²) >= 11 is 13.9. The van der Waals surface area contributed by atoms with E-state index in [2.05, 4.69) is 5.32 Å². The SMILES string of the molecule is CCCNC(=O)[C@H](C)N(Cc1c(Cl)cccc1Cl)C(=O)CSCc1ccc([N+](=O)[O-])cc1. The molecule has 2 amide bonds. The van der Waals surface area contributed by atoms with Gasteiger partial charge in [-0.05, 0) is 31.0 Å². The van der Waals surface area contributed by atoms with Gasteiger partial charge in [-0.2, -0.15) is 0 Å². The third-order valence-electron chi connectivity index (χ3n) is 4.75. The predicted octanol–water partition coefficient (Wildman–Crippen LogP) is 5.08. The fourth-order valence-electron chi connectivity index (χ4n) is 2.89. The van der Waals surface area contributed by atoms with E-state index >= 15 is 0 Å². The highest BCUT2D eigenvalue weighted by atomic mass is 35.5. The van der Waals surface area contributed by atoms with Gasteiger partial charge in [-0.1, -0.05) is 48.3 Å². The summed E-state index contributed by atoms with van der Waals surface area (Å²) in [6.45, 7) is 4.25. The molecule has 32 heavy (non-hydrogen) atoms. The van der Waals surface area contributed by atoms with Crippen LogP contribution in [-0.2, 0) is 21.9 Å². The van der Waals surface area contributed by atoms with E-state index in [1.807, 2.05) is 6.92 Å². The second-order valence-electron chi connectivity index (χ2n) is 7.11. The van der Waals surface area contributed by atoms with Crippen molar-refractivity contribution in [1.82, 2.24) is 10.2 Å². The Kier molecular flexibility index (Phi) is 10.3. The van der Waals surface area contributed by atoms with Gasteiger partial charge in [0.1, 0.15) is 6.04 Å². The summed E-state index contributed by atoms with van der Waals surface area (Å²) in [5.41, 5.74) is 1.46. The lowest BCUT2D eigenvalue weighted by Crippen LogP contribution is -2.48. The highest BCUT2D eigenvalue weighted by Gasteiger charge is 2.27. The van der Waals surface area contributed by atoms with Crippen LogP contribution in [0.4, 0.5) is 5.69 Å². The van der Waals surface area contributed by atoms with Crippen molar-refractivity contribution in [3.63, 3.8) is 0 Å². The fourth-order valence-corrected chi connectivity index (χ4v) is 4.27. The molecule has 0 spiro atoms. The minimum Gasteiger partial charge on any atom is -0.354 e. The molecular formula is C22H25Cl2N3O4S. The molecule has 0 radical (unpaired) electrons. The number of nitrogens with zero attached hydrogens (tertiary/aromatic N) is 2. The first-order valence-electron chi connectivity index (χ1n) is 10.1. The number of amides is 2. The largest absolute Gasteiger partial charge is 0.354 e. The number of hydrogen-bond acceptors (Lipinski definition) is 5. The van der Waals surface area contributed by atoms with Gasteiger partial charge in [0.15, 0.2) is 0 Å². The zero-order valence-corrected chi connectivity index (χ0v) is 20.2. The molecule has 1 N–H and O–H groups in total. The van der Waals surface area contributed by atoms with Crippen molar-refractivity contribution in [2.45, 2.75) is 38.6 Å². The number of nitrogens with one attached hydrogen (secondary N) is 1. The Morgan fingerprint density at radius 3 is 2.34 bits per heavy atom. The summed E-state index contributed by atoms with van der Waals surface area (Å²) in [6, 6.07) is 10.6. The first-order valence-corrected chi connectivity index (χ1v) is 12.0. The quantitative estimate of drug-likeness (QED) is 0.345. The standard InChI is InChI=1S/C22H25Cl2N3O4S/c1-3-11-25-22(29)15(2)26(12-18-19(23)5-4-6-20(18)24)21(28)14-32-13-16-7-9-17(10-8-16)27(30)31/h4-10,15H,3,11-14H2,1-2H3,(H,25,29)/t15-/m0/s1. The van der Waals surface area contributed by atoms with Gasteiger partial charge < -0.3 is 10.2 Å². The highest BCUT2D eigenvalue weighted by molar-refractivity contribution is 7.99. The van der Waals surface area contributed by atoms with Gasteiger partial charge in [0.05, 0.1) is 10.7 Å². The molecule has 2 rings (SSSR count). The summed E-state index contributed by atoms with van der Waals surface area (Å²) in [7, 11) is 0. The number of benzene rings is 2. The third-order valence-corrected chi connectivity index (χ3v) is 6.44. The lowest BCUT2D eigenvalue weighted by molar-refractivity contribution is -0.384. The van der Waals surface area contributed by atoms with E-state index in [9.17, 15) is 19.7 Å².